The number of benzene rings is 1. The van der Waals surface area contributed by atoms with E-state index >= 15 is 0 Å². The minimum absolute atomic E-state index is 0.191. The Balaban J connectivity index is 2.42. The zero-order valence-electron chi connectivity index (χ0n) is 10.6. The molecule has 1 aliphatic rings. The number of halogens is 2. The van der Waals surface area contributed by atoms with Gasteiger partial charge in [-0.1, -0.05) is 15.9 Å². The van der Waals surface area contributed by atoms with E-state index in [0.29, 0.717) is 0 Å². The van der Waals surface area contributed by atoms with Crippen LogP contribution in [0.15, 0.2) is 21.5 Å². The van der Waals surface area contributed by atoms with Gasteiger partial charge in [0, 0.05) is 10.5 Å². The molecule has 20 heavy (non-hydrogen) atoms. The zero-order chi connectivity index (χ0) is 15.1. The van der Waals surface area contributed by atoms with Gasteiger partial charge in [0.15, 0.2) is 5.82 Å². The van der Waals surface area contributed by atoms with Gasteiger partial charge in [-0.15, -0.1) is 0 Å². The maximum atomic E-state index is 14.0. The van der Waals surface area contributed by atoms with Crippen LogP contribution in [0.3, 0.4) is 0 Å². The van der Waals surface area contributed by atoms with Crippen LogP contribution in [0.4, 0.5) is 4.39 Å². The fourth-order valence-electron chi connectivity index (χ4n) is 1.92. The van der Waals surface area contributed by atoms with Crippen LogP contribution in [0, 0.1) is 11.7 Å². The molecule has 8 heteroatoms. The maximum absolute atomic E-state index is 14.0. The lowest BCUT2D eigenvalue weighted by Crippen LogP contribution is -2.34. The summed E-state index contributed by atoms with van der Waals surface area (Å²) in [5, 5.41) is 8.88. The van der Waals surface area contributed by atoms with E-state index in [4.69, 9.17) is 5.11 Å². The van der Waals surface area contributed by atoms with Gasteiger partial charge < -0.3 is 5.11 Å². The number of nitrogens with one attached hydrogen (secondary N) is 1. The molecule has 1 aliphatic carbocycles. The highest BCUT2D eigenvalue weighted by Gasteiger charge is 2.33. The van der Waals surface area contributed by atoms with Crippen LogP contribution in [0.25, 0.3) is 0 Å². The first-order valence-electron chi connectivity index (χ1n) is 5.97. The van der Waals surface area contributed by atoms with Gasteiger partial charge in [0.05, 0.1) is 5.56 Å². The number of sulfonamides is 1. The van der Waals surface area contributed by atoms with E-state index in [2.05, 4.69) is 20.7 Å². The molecular weight excluding hydrogens is 353 g/mol. The van der Waals surface area contributed by atoms with Crippen molar-refractivity contribution in [2.45, 2.75) is 30.7 Å². The Bertz CT molecular complexity index is 658. The minimum Gasteiger partial charge on any atom is -0.478 e. The number of hydrogen-bond acceptors (Lipinski definition) is 3. The fraction of sp³-hybridized carbons (Fsp3) is 0.417. The highest BCUT2D eigenvalue weighted by molar-refractivity contribution is 9.10. The van der Waals surface area contributed by atoms with Crippen molar-refractivity contribution in [3.8, 4) is 0 Å². The van der Waals surface area contributed by atoms with Gasteiger partial charge in [-0.2, -0.15) is 0 Å². The second kappa shape index (κ2) is 5.42. The van der Waals surface area contributed by atoms with Gasteiger partial charge in [0.25, 0.3) is 0 Å². The molecule has 110 valence electrons. The highest BCUT2D eigenvalue weighted by atomic mass is 79.9. The molecule has 0 spiro atoms. The molecule has 0 aromatic heterocycles. The number of carbonyl (C=O) groups is 1. The Morgan fingerprint density at radius 3 is 2.60 bits per heavy atom. The van der Waals surface area contributed by atoms with E-state index in [0.717, 1.165) is 25.0 Å². The normalized spacial score (nSPS) is 16.9. The first-order chi connectivity index (χ1) is 9.22. The maximum Gasteiger partial charge on any atom is 0.338 e. The lowest BCUT2D eigenvalue weighted by molar-refractivity contribution is 0.0691. The van der Waals surface area contributed by atoms with Crippen LogP contribution in [0.1, 0.15) is 30.1 Å². The van der Waals surface area contributed by atoms with E-state index < -0.39 is 32.3 Å². The van der Waals surface area contributed by atoms with E-state index in [1.165, 1.54) is 0 Å². The average Bonchev–Trinajstić information content (AvgIpc) is 3.14. The van der Waals surface area contributed by atoms with Crippen LogP contribution in [0.2, 0.25) is 0 Å². The molecule has 0 radical (unpaired) electrons. The number of rotatable bonds is 5. The predicted octanol–water partition coefficient (Wildman–Crippen LogP) is 2.36. The van der Waals surface area contributed by atoms with Crippen LogP contribution in [-0.4, -0.2) is 25.5 Å². The smallest absolute Gasteiger partial charge is 0.338 e. The summed E-state index contributed by atoms with van der Waals surface area (Å²) in [6.07, 6.45) is 1.87. The minimum atomic E-state index is -4.09. The first kappa shape index (κ1) is 15.4. The summed E-state index contributed by atoms with van der Waals surface area (Å²) in [5.74, 6) is -2.51. The Morgan fingerprint density at radius 1 is 1.50 bits per heavy atom. The SMILES string of the molecule is CC(NS(=O)(=O)c1cc(Br)cc(C(=O)O)c1F)C1CC1. The van der Waals surface area contributed by atoms with Gasteiger partial charge in [0.2, 0.25) is 10.0 Å². The molecule has 5 nitrogen and oxygen atoms in total. The second-order valence-corrected chi connectivity index (χ2v) is 7.42. The Morgan fingerprint density at radius 2 is 2.10 bits per heavy atom. The molecule has 2 N–H and O–H groups in total. The van der Waals surface area contributed by atoms with Crippen LogP contribution in [0.5, 0.6) is 0 Å². The molecule has 2 rings (SSSR count). The summed E-state index contributed by atoms with van der Waals surface area (Å²) in [6.45, 7) is 1.71. The molecule has 0 saturated heterocycles. The van der Waals surface area contributed by atoms with Gasteiger partial charge in [-0.05, 0) is 37.8 Å². The second-order valence-electron chi connectivity index (χ2n) is 4.82. The predicted molar refractivity (Wildman–Crippen MR) is 73.6 cm³/mol. The molecule has 0 heterocycles. The van der Waals surface area contributed by atoms with Crippen LogP contribution >= 0.6 is 15.9 Å². The van der Waals surface area contributed by atoms with Gasteiger partial charge in [-0.3, -0.25) is 0 Å². The van der Waals surface area contributed by atoms with Crippen molar-refractivity contribution in [3.63, 3.8) is 0 Å². The van der Waals surface area contributed by atoms with Gasteiger partial charge in [0.1, 0.15) is 4.90 Å². The summed E-state index contributed by atoms with van der Waals surface area (Å²) in [6, 6.07) is 1.79. The molecule has 0 bridgehead atoms. The van der Waals surface area contributed by atoms with Crippen LogP contribution in [-0.2, 0) is 10.0 Å². The summed E-state index contributed by atoms with van der Waals surface area (Å²) >= 11 is 2.99. The Kier molecular flexibility index (Phi) is 4.17. The largest absolute Gasteiger partial charge is 0.478 e. The molecule has 1 atom stereocenters. The molecular formula is C12H13BrFNO4S. The third kappa shape index (κ3) is 3.18. The third-order valence-corrected chi connectivity index (χ3v) is 5.21. The Labute approximate surface area is 124 Å². The van der Waals surface area contributed by atoms with Crippen molar-refractivity contribution < 1.29 is 22.7 Å². The standard InChI is InChI=1S/C12H13BrFNO4S/c1-6(7-2-3-7)15-20(18,19)10-5-8(13)4-9(11(10)14)12(16)17/h4-7,15H,2-3H2,1H3,(H,16,17). The molecule has 0 aliphatic heterocycles. The molecule has 1 aromatic rings. The number of carboxylic acids is 1. The third-order valence-electron chi connectivity index (χ3n) is 3.19. The molecule has 0 amide bonds. The summed E-state index contributed by atoms with van der Waals surface area (Å²) in [5.41, 5.74) is -0.682. The van der Waals surface area contributed by atoms with Crippen molar-refractivity contribution >= 4 is 31.9 Å². The van der Waals surface area contributed by atoms with Crippen molar-refractivity contribution in [1.29, 1.82) is 0 Å². The fourth-order valence-corrected chi connectivity index (χ4v) is 3.96. The lowest BCUT2D eigenvalue weighted by atomic mass is 10.2. The molecule has 1 fully saturated rings. The highest BCUT2D eigenvalue weighted by Crippen LogP contribution is 2.33. The van der Waals surface area contributed by atoms with Crippen molar-refractivity contribution in [1.82, 2.24) is 4.72 Å². The van der Waals surface area contributed by atoms with E-state index in [9.17, 15) is 17.6 Å². The summed E-state index contributed by atoms with van der Waals surface area (Å²) < 4.78 is 40.9. The lowest BCUT2D eigenvalue weighted by Gasteiger charge is -2.14. The number of hydrogen-bond donors (Lipinski definition) is 2. The molecule has 1 unspecified atom stereocenters. The van der Waals surface area contributed by atoms with E-state index in [1.54, 1.807) is 6.92 Å². The quantitative estimate of drug-likeness (QED) is 0.838. The summed E-state index contributed by atoms with van der Waals surface area (Å²) in [7, 11) is -4.09. The summed E-state index contributed by atoms with van der Waals surface area (Å²) in [4.78, 5) is 10.3. The number of aromatic carboxylic acids is 1. The number of carboxylic acid groups (broad SMARTS) is 1. The average molecular weight is 366 g/mol. The molecule has 1 aromatic carbocycles. The van der Waals surface area contributed by atoms with Crippen LogP contribution < -0.4 is 4.72 Å². The van der Waals surface area contributed by atoms with Gasteiger partial charge in [-0.25, -0.2) is 22.3 Å². The van der Waals surface area contributed by atoms with E-state index in [1.807, 2.05) is 0 Å². The van der Waals surface area contributed by atoms with Gasteiger partial charge >= 0.3 is 5.97 Å². The van der Waals surface area contributed by atoms with Crippen molar-refractivity contribution in [3.05, 3.63) is 28.0 Å². The first-order valence-corrected chi connectivity index (χ1v) is 8.24. The molecule has 1 saturated carbocycles. The van der Waals surface area contributed by atoms with Crippen molar-refractivity contribution in [2.75, 3.05) is 0 Å². The zero-order valence-corrected chi connectivity index (χ0v) is 13.0. The topological polar surface area (TPSA) is 83.5 Å². The monoisotopic (exact) mass is 365 g/mol. The van der Waals surface area contributed by atoms with Crippen molar-refractivity contribution in [2.24, 2.45) is 5.92 Å². The van der Waals surface area contributed by atoms with E-state index in [-0.39, 0.29) is 16.4 Å². The Hall–Kier alpha value is -0.990.